The zero-order chi connectivity index (χ0) is 10.7. The van der Waals surface area contributed by atoms with Crippen molar-refractivity contribution in [2.75, 3.05) is 0 Å². The predicted molar refractivity (Wildman–Crippen MR) is 61.2 cm³/mol. The van der Waals surface area contributed by atoms with Crippen molar-refractivity contribution in [3.05, 3.63) is 42.2 Å². The molecule has 0 aliphatic heterocycles. The van der Waals surface area contributed by atoms with E-state index < -0.39 is 5.38 Å². The smallest absolute Gasteiger partial charge is 0.138 e. The van der Waals surface area contributed by atoms with Gasteiger partial charge in [0.25, 0.3) is 0 Å². The minimum absolute atomic E-state index is 0.462. The van der Waals surface area contributed by atoms with E-state index in [0.29, 0.717) is 6.42 Å². The second-order valence-corrected chi connectivity index (χ2v) is 3.93. The average Bonchev–Trinajstić information content (AvgIpc) is 2.29. The minimum Gasteiger partial charge on any atom is -0.302 e. The van der Waals surface area contributed by atoms with E-state index in [1.807, 2.05) is 24.3 Å². The van der Waals surface area contributed by atoms with Gasteiger partial charge >= 0.3 is 0 Å². The molecule has 0 amide bonds. The molecule has 2 nitrogen and oxygen atoms in total. The highest BCUT2D eigenvalue weighted by Gasteiger charge is 2.06. The summed E-state index contributed by atoms with van der Waals surface area (Å²) in [5, 5.41) is 1.72. The number of aldehydes is 1. The van der Waals surface area contributed by atoms with Gasteiger partial charge in [0.1, 0.15) is 6.29 Å². The van der Waals surface area contributed by atoms with Gasteiger partial charge in [0.05, 0.1) is 5.38 Å². The SMILES string of the molecule is O=CC(Cl)Cc1cccc2ccncc12. The highest BCUT2D eigenvalue weighted by Crippen LogP contribution is 2.19. The Kier molecular flexibility index (Phi) is 2.97. The summed E-state index contributed by atoms with van der Waals surface area (Å²) in [5.41, 5.74) is 1.06. The number of pyridine rings is 1. The van der Waals surface area contributed by atoms with Crippen LogP contribution in [0, 0.1) is 0 Å². The summed E-state index contributed by atoms with van der Waals surface area (Å²) in [6, 6.07) is 7.91. The highest BCUT2D eigenvalue weighted by molar-refractivity contribution is 6.27. The van der Waals surface area contributed by atoms with E-state index in [0.717, 1.165) is 22.6 Å². The second-order valence-electron chi connectivity index (χ2n) is 3.37. The Morgan fingerprint density at radius 1 is 1.40 bits per heavy atom. The Labute approximate surface area is 92.9 Å². The monoisotopic (exact) mass is 219 g/mol. The lowest BCUT2D eigenvalue weighted by Crippen LogP contribution is -2.04. The van der Waals surface area contributed by atoms with Crippen molar-refractivity contribution >= 4 is 28.7 Å². The van der Waals surface area contributed by atoms with Crippen LogP contribution < -0.4 is 0 Å². The maximum absolute atomic E-state index is 10.5. The van der Waals surface area contributed by atoms with E-state index in [-0.39, 0.29) is 0 Å². The molecule has 0 saturated heterocycles. The van der Waals surface area contributed by atoms with Gasteiger partial charge in [0, 0.05) is 17.8 Å². The van der Waals surface area contributed by atoms with Crippen molar-refractivity contribution in [3.63, 3.8) is 0 Å². The fraction of sp³-hybridized carbons (Fsp3) is 0.167. The van der Waals surface area contributed by atoms with Crippen LogP contribution in [0.2, 0.25) is 0 Å². The molecule has 0 N–H and O–H groups in total. The topological polar surface area (TPSA) is 30.0 Å². The lowest BCUT2D eigenvalue weighted by Gasteiger charge is -2.06. The van der Waals surface area contributed by atoms with E-state index in [9.17, 15) is 4.79 Å². The van der Waals surface area contributed by atoms with Crippen LogP contribution in [0.3, 0.4) is 0 Å². The van der Waals surface area contributed by atoms with Crippen LogP contribution in [0.5, 0.6) is 0 Å². The van der Waals surface area contributed by atoms with Crippen LogP contribution >= 0.6 is 11.6 Å². The molecule has 2 rings (SSSR count). The number of alkyl halides is 1. The summed E-state index contributed by atoms with van der Waals surface area (Å²) in [4.78, 5) is 14.6. The number of fused-ring (bicyclic) bond motifs is 1. The summed E-state index contributed by atoms with van der Waals surface area (Å²) in [5.74, 6) is 0. The molecule has 2 aromatic rings. The van der Waals surface area contributed by atoms with E-state index in [2.05, 4.69) is 4.98 Å². The largest absolute Gasteiger partial charge is 0.302 e. The number of hydrogen-bond donors (Lipinski definition) is 0. The van der Waals surface area contributed by atoms with Gasteiger partial charge in [-0.2, -0.15) is 0 Å². The average molecular weight is 220 g/mol. The van der Waals surface area contributed by atoms with Gasteiger partial charge in [-0.05, 0) is 23.4 Å². The van der Waals surface area contributed by atoms with Crippen molar-refractivity contribution in [3.8, 4) is 0 Å². The van der Waals surface area contributed by atoms with Crippen LogP contribution in [-0.4, -0.2) is 16.6 Å². The molecule has 0 saturated carbocycles. The van der Waals surface area contributed by atoms with Crippen molar-refractivity contribution in [2.24, 2.45) is 0 Å². The van der Waals surface area contributed by atoms with E-state index >= 15 is 0 Å². The summed E-state index contributed by atoms with van der Waals surface area (Å²) in [7, 11) is 0. The third-order valence-electron chi connectivity index (χ3n) is 2.34. The molecule has 0 aliphatic rings. The first-order valence-electron chi connectivity index (χ1n) is 4.72. The Morgan fingerprint density at radius 3 is 3.07 bits per heavy atom. The molecule has 0 bridgehead atoms. The van der Waals surface area contributed by atoms with Crippen molar-refractivity contribution in [2.45, 2.75) is 11.8 Å². The van der Waals surface area contributed by atoms with E-state index in [4.69, 9.17) is 11.6 Å². The van der Waals surface area contributed by atoms with Gasteiger partial charge in [-0.25, -0.2) is 0 Å². The number of aromatic nitrogens is 1. The Balaban J connectivity index is 2.46. The number of rotatable bonds is 3. The van der Waals surface area contributed by atoms with Gasteiger partial charge in [0.2, 0.25) is 0 Å². The third-order valence-corrected chi connectivity index (χ3v) is 2.59. The molecule has 0 radical (unpaired) electrons. The zero-order valence-corrected chi connectivity index (χ0v) is 8.82. The second kappa shape index (κ2) is 4.41. The van der Waals surface area contributed by atoms with Gasteiger partial charge < -0.3 is 4.79 Å². The first-order chi connectivity index (χ1) is 7.31. The zero-order valence-electron chi connectivity index (χ0n) is 8.06. The number of benzene rings is 1. The summed E-state index contributed by atoms with van der Waals surface area (Å²) >= 11 is 5.81. The molecule has 15 heavy (non-hydrogen) atoms. The lowest BCUT2D eigenvalue weighted by molar-refractivity contribution is -0.107. The predicted octanol–water partition coefficient (Wildman–Crippen LogP) is 2.58. The van der Waals surface area contributed by atoms with Crippen LogP contribution in [0.1, 0.15) is 5.56 Å². The number of hydrogen-bond acceptors (Lipinski definition) is 2. The van der Waals surface area contributed by atoms with Crippen molar-refractivity contribution in [1.29, 1.82) is 0 Å². The van der Waals surface area contributed by atoms with Crippen molar-refractivity contribution < 1.29 is 4.79 Å². The van der Waals surface area contributed by atoms with E-state index in [1.165, 1.54) is 0 Å². The van der Waals surface area contributed by atoms with Crippen LogP contribution in [0.25, 0.3) is 10.8 Å². The van der Waals surface area contributed by atoms with Gasteiger partial charge in [-0.15, -0.1) is 11.6 Å². The molecular weight excluding hydrogens is 210 g/mol. The molecule has 0 spiro atoms. The van der Waals surface area contributed by atoms with Gasteiger partial charge in [0.15, 0.2) is 0 Å². The van der Waals surface area contributed by atoms with Crippen LogP contribution in [-0.2, 0) is 11.2 Å². The molecule has 1 heterocycles. The molecule has 1 aromatic carbocycles. The Hall–Kier alpha value is -1.41. The molecule has 0 aliphatic carbocycles. The molecule has 76 valence electrons. The molecule has 0 fully saturated rings. The quantitative estimate of drug-likeness (QED) is 0.587. The van der Waals surface area contributed by atoms with E-state index in [1.54, 1.807) is 12.4 Å². The number of halogens is 1. The maximum Gasteiger partial charge on any atom is 0.138 e. The first kappa shape index (κ1) is 10.1. The Morgan fingerprint density at radius 2 is 2.27 bits per heavy atom. The number of carbonyl (C=O) groups excluding carboxylic acids is 1. The van der Waals surface area contributed by atoms with Crippen LogP contribution in [0.4, 0.5) is 0 Å². The third kappa shape index (κ3) is 2.16. The van der Waals surface area contributed by atoms with Gasteiger partial charge in [-0.3, -0.25) is 4.98 Å². The fourth-order valence-corrected chi connectivity index (χ4v) is 1.78. The lowest BCUT2D eigenvalue weighted by atomic mass is 10.0. The maximum atomic E-state index is 10.5. The summed E-state index contributed by atoms with van der Waals surface area (Å²) in [6.07, 6.45) is 4.87. The number of nitrogens with zero attached hydrogens (tertiary/aromatic N) is 1. The fourth-order valence-electron chi connectivity index (χ4n) is 1.61. The summed E-state index contributed by atoms with van der Waals surface area (Å²) in [6.45, 7) is 0. The standard InChI is InChI=1S/C12H10ClNO/c13-11(8-15)6-10-3-1-2-9-4-5-14-7-12(9)10/h1-5,7-8,11H,6H2. The van der Waals surface area contributed by atoms with Crippen LogP contribution in [0.15, 0.2) is 36.7 Å². The van der Waals surface area contributed by atoms with Gasteiger partial charge in [-0.1, -0.05) is 18.2 Å². The molecule has 1 aromatic heterocycles. The Bertz CT molecular complexity index is 479. The normalized spacial score (nSPS) is 12.6. The summed E-state index contributed by atoms with van der Waals surface area (Å²) < 4.78 is 0. The molecular formula is C12H10ClNO. The van der Waals surface area contributed by atoms with Crippen molar-refractivity contribution in [1.82, 2.24) is 4.98 Å². The number of carbonyl (C=O) groups is 1. The highest BCUT2D eigenvalue weighted by atomic mass is 35.5. The molecule has 3 heteroatoms. The molecule has 1 unspecified atom stereocenters. The molecule has 1 atom stereocenters. The minimum atomic E-state index is -0.462. The first-order valence-corrected chi connectivity index (χ1v) is 5.16.